The van der Waals surface area contributed by atoms with E-state index in [2.05, 4.69) is 20.2 Å². The number of aromatic amines is 1. The van der Waals surface area contributed by atoms with E-state index < -0.39 is 0 Å². The van der Waals surface area contributed by atoms with Crippen LogP contribution in [0.2, 0.25) is 0 Å². The molecule has 0 aliphatic carbocycles. The second kappa shape index (κ2) is 7.22. The maximum Gasteiger partial charge on any atom is 0.317 e. The molecule has 0 saturated carbocycles. The highest BCUT2D eigenvalue weighted by atomic mass is 16.5. The molecule has 4 rings (SSSR count). The second-order valence-corrected chi connectivity index (χ2v) is 6.71. The van der Waals surface area contributed by atoms with Crippen LogP contribution in [0.1, 0.15) is 34.7 Å². The maximum atomic E-state index is 12.8. The molecule has 27 heavy (non-hydrogen) atoms. The summed E-state index contributed by atoms with van der Waals surface area (Å²) in [6.07, 6.45) is 3.17. The maximum absolute atomic E-state index is 12.8. The number of ether oxygens (including phenoxy) is 1. The number of hydrogen-bond acceptors (Lipinski definition) is 6. The number of carbonyl (C=O) groups is 1. The van der Waals surface area contributed by atoms with Gasteiger partial charge in [-0.25, -0.2) is 9.97 Å². The highest BCUT2D eigenvalue weighted by molar-refractivity contribution is 5.93. The van der Waals surface area contributed by atoms with Crippen LogP contribution in [-0.2, 0) is 0 Å². The first-order valence-corrected chi connectivity index (χ1v) is 8.96. The van der Waals surface area contributed by atoms with E-state index in [0.29, 0.717) is 36.2 Å². The first kappa shape index (κ1) is 17.3. The van der Waals surface area contributed by atoms with Crippen LogP contribution in [0.15, 0.2) is 34.9 Å². The van der Waals surface area contributed by atoms with Gasteiger partial charge in [0.2, 0.25) is 0 Å². The van der Waals surface area contributed by atoms with E-state index in [0.717, 1.165) is 24.2 Å². The van der Waals surface area contributed by atoms with Crippen molar-refractivity contribution in [2.75, 3.05) is 13.1 Å². The van der Waals surface area contributed by atoms with Crippen LogP contribution in [0.5, 0.6) is 6.01 Å². The first-order chi connectivity index (χ1) is 13.1. The Balaban J connectivity index is 1.44. The molecule has 1 amide bonds. The highest BCUT2D eigenvalue weighted by Gasteiger charge is 2.28. The summed E-state index contributed by atoms with van der Waals surface area (Å²) in [4.78, 5) is 23.2. The number of nitrogens with one attached hydrogen (secondary N) is 1. The SMILES string of the molecule is Cc1cc(C)nc(OC2CCCN(C(=O)c3cc(-c4ccco4)[nH]n3)C2)n1. The normalized spacial score (nSPS) is 17.1. The Morgan fingerprint density at radius 3 is 2.85 bits per heavy atom. The molecule has 0 bridgehead atoms. The van der Waals surface area contributed by atoms with Gasteiger partial charge >= 0.3 is 6.01 Å². The van der Waals surface area contributed by atoms with E-state index in [1.54, 1.807) is 23.3 Å². The summed E-state index contributed by atoms with van der Waals surface area (Å²) in [7, 11) is 0. The topological polar surface area (TPSA) is 97.1 Å². The van der Waals surface area contributed by atoms with Crippen LogP contribution in [0.4, 0.5) is 0 Å². The number of aryl methyl sites for hydroxylation is 2. The Hall–Kier alpha value is -3.16. The van der Waals surface area contributed by atoms with Gasteiger partial charge in [-0.15, -0.1) is 0 Å². The molecule has 1 saturated heterocycles. The van der Waals surface area contributed by atoms with Gasteiger partial charge in [0.05, 0.1) is 12.8 Å². The molecule has 8 heteroatoms. The third-order valence-electron chi connectivity index (χ3n) is 4.48. The van der Waals surface area contributed by atoms with Crippen molar-refractivity contribution in [1.82, 2.24) is 25.1 Å². The summed E-state index contributed by atoms with van der Waals surface area (Å²) in [5.74, 6) is 0.520. The molecule has 1 unspecified atom stereocenters. The van der Waals surface area contributed by atoms with Crippen molar-refractivity contribution in [3.8, 4) is 17.5 Å². The van der Waals surface area contributed by atoms with Gasteiger partial charge < -0.3 is 14.1 Å². The fraction of sp³-hybridized carbons (Fsp3) is 0.368. The zero-order valence-electron chi connectivity index (χ0n) is 15.3. The number of carbonyl (C=O) groups excluding carboxylic acids is 1. The van der Waals surface area contributed by atoms with Gasteiger partial charge in [0.1, 0.15) is 11.8 Å². The minimum absolute atomic E-state index is 0.126. The third-order valence-corrected chi connectivity index (χ3v) is 4.48. The molecule has 1 aliphatic rings. The largest absolute Gasteiger partial charge is 0.463 e. The fourth-order valence-electron chi connectivity index (χ4n) is 3.27. The Morgan fingerprint density at radius 2 is 2.11 bits per heavy atom. The van der Waals surface area contributed by atoms with Crippen molar-refractivity contribution in [1.29, 1.82) is 0 Å². The molecular formula is C19H21N5O3. The van der Waals surface area contributed by atoms with Gasteiger partial charge in [0, 0.05) is 24.0 Å². The van der Waals surface area contributed by atoms with Gasteiger partial charge in [-0.2, -0.15) is 5.10 Å². The molecule has 140 valence electrons. The van der Waals surface area contributed by atoms with Crippen molar-refractivity contribution >= 4 is 5.91 Å². The van der Waals surface area contributed by atoms with Crippen molar-refractivity contribution in [3.05, 3.63) is 47.6 Å². The first-order valence-electron chi connectivity index (χ1n) is 8.96. The van der Waals surface area contributed by atoms with Gasteiger partial charge in [0.15, 0.2) is 11.5 Å². The molecule has 8 nitrogen and oxygen atoms in total. The molecule has 1 atom stereocenters. The molecular weight excluding hydrogens is 346 g/mol. The van der Waals surface area contributed by atoms with Gasteiger partial charge in [-0.1, -0.05) is 0 Å². The summed E-state index contributed by atoms with van der Waals surface area (Å²) >= 11 is 0. The van der Waals surface area contributed by atoms with E-state index in [9.17, 15) is 4.79 Å². The summed E-state index contributed by atoms with van der Waals surface area (Å²) in [5.41, 5.74) is 2.77. The standard InChI is InChI=1S/C19H21N5O3/c1-12-9-13(2)21-19(20-12)27-14-5-3-7-24(11-14)18(25)16-10-15(22-23-16)17-6-4-8-26-17/h4,6,8-10,14H,3,5,7,11H2,1-2H3,(H,22,23). The molecule has 0 spiro atoms. The predicted octanol–water partition coefficient (Wildman–Crippen LogP) is 2.76. The molecule has 1 fully saturated rings. The van der Waals surface area contributed by atoms with Crippen LogP contribution in [0, 0.1) is 13.8 Å². The van der Waals surface area contributed by atoms with Gasteiger partial charge in [0.25, 0.3) is 5.91 Å². The van der Waals surface area contributed by atoms with Crippen LogP contribution in [0.3, 0.4) is 0 Å². The van der Waals surface area contributed by atoms with Crippen LogP contribution >= 0.6 is 0 Å². The number of aromatic nitrogens is 4. The number of hydrogen-bond donors (Lipinski definition) is 1. The number of furan rings is 1. The Bertz CT molecular complexity index is 914. The van der Waals surface area contributed by atoms with Crippen LogP contribution in [-0.4, -0.2) is 50.2 Å². The molecule has 4 heterocycles. The number of H-pyrrole nitrogens is 1. The average molecular weight is 367 g/mol. The number of amides is 1. The van der Waals surface area contributed by atoms with Crippen LogP contribution < -0.4 is 4.74 Å². The number of nitrogens with zero attached hydrogens (tertiary/aromatic N) is 4. The van der Waals surface area contributed by atoms with E-state index >= 15 is 0 Å². The smallest absolute Gasteiger partial charge is 0.317 e. The monoisotopic (exact) mass is 367 g/mol. The lowest BCUT2D eigenvalue weighted by atomic mass is 10.1. The average Bonchev–Trinajstić information content (AvgIpc) is 3.32. The lowest BCUT2D eigenvalue weighted by molar-refractivity contribution is 0.0510. The summed E-state index contributed by atoms with van der Waals surface area (Å²) in [6, 6.07) is 7.58. The van der Waals surface area contributed by atoms with E-state index in [1.807, 2.05) is 26.0 Å². The minimum atomic E-state index is -0.132. The molecule has 3 aromatic heterocycles. The van der Waals surface area contributed by atoms with E-state index in [-0.39, 0.29) is 12.0 Å². The molecule has 0 radical (unpaired) electrons. The van der Waals surface area contributed by atoms with Crippen molar-refractivity contribution < 1.29 is 13.9 Å². The number of rotatable bonds is 4. The Kier molecular flexibility index (Phi) is 4.62. The summed E-state index contributed by atoms with van der Waals surface area (Å²) < 4.78 is 11.3. The molecule has 1 aliphatic heterocycles. The molecule has 0 aromatic carbocycles. The number of piperidine rings is 1. The highest BCUT2D eigenvalue weighted by Crippen LogP contribution is 2.21. The van der Waals surface area contributed by atoms with Gasteiger partial charge in [-0.3, -0.25) is 9.89 Å². The Labute approximate surface area is 156 Å². The fourth-order valence-corrected chi connectivity index (χ4v) is 3.27. The lowest BCUT2D eigenvalue weighted by Crippen LogP contribution is -2.44. The van der Waals surface area contributed by atoms with Crippen LogP contribution in [0.25, 0.3) is 11.5 Å². The van der Waals surface area contributed by atoms with E-state index in [4.69, 9.17) is 9.15 Å². The third kappa shape index (κ3) is 3.84. The minimum Gasteiger partial charge on any atom is -0.463 e. The zero-order valence-corrected chi connectivity index (χ0v) is 15.3. The van der Waals surface area contributed by atoms with E-state index in [1.165, 1.54) is 0 Å². The van der Waals surface area contributed by atoms with Crippen molar-refractivity contribution in [2.45, 2.75) is 32.8 Å². The molecule has 3 aromatic rings. The second-order valence-electron chi connectivity index (χ2n) is 6.71. The zero-order chi connectivity index (χ0) is 18.8. The number of likely N-dealkylation sites (tertiary alicyclic amines) is 1. The summed E-state index contributed by atoms with van der Waals surface area (Å²) in [5, 5.41) is 6.99. The van der Waals surface area contributed by atoms with Crippen molar-refractivity contribution in [2.24, 2.45) is 0 Å². The van der Waals surface area contributed by atoms with Crippen molar-refractivity contribution in [3.63, 3.8) is 0 Å². The summed E-state index contributed by atoms with van der Waals surface area (Å²) in [6.45, 7) is 4.98. The predicted molar refractivity (Wildman–Crippen MR) is 97.3 cm³/mol. The van der Waals surface area contributed by atoms with Gasteiger partial charge in [-0.05, 0) is 44.9 Å². The lowest BCUT2D eigenvalue weighted by Gasteiger charge is -2.31. The Morgan fingerprint density at radius 1 is 1.30 bits per heavy atom. The quantitative estimate of drug-likeness (QED) is 0.761. The molecule has 1 N–H and O–H groups in total.